The van der Waals surface area contributed by atoms with Crippen LogP contribution in [0.15, 0.2) is 24.3 Å². The lowest BCUT2D eigenvalue weighted by atomic mass is 9.96. The second-order valence-corrected chi connectivity index (χ2v) is 10.0. The van der Waals surface area contributed by atoms with Gasteiger partial charge >= 0.3 is 0 Å². The molecule has 5 nitrogen and oxygen atoms in total. The summed E-state index contributed by atoms with van der Waals surface area (Å²) in [6, 6.07) is 8.16. The van der Waals surface area contributed by atoms with Crippen LogP contribution in [0, 0.1) is 5.92 Å². The van der Waals surface area contributed by atoms with Crippen LogP contribution in [0.4, 0.5) is 0 Å². The molecule has 0 aliphatic carbocycles. The molecule has 3 heterocycles. The van der Waals surface area contributed by atoms with E-state index in [1.807, 2.05) is 23.1 Å². The first-order valence-electron chi connectivity index (χ1n) is 8.36. The van der Waals surface area contributed by atoms with Crippen LogP contribution in [0.3, 0.4) is 0 Å². The third-order valence-electron chi connectivity index (χ3n) is 5.05. The van der Waals surface area contributed by atoms with Crippen molar-refractivity contribution in [1.82, 2.24) is 9.88 Å². The Hall–Kier alpha value is -1.47. The summed E-state index contributed by atoms with van der Waals surface area (Å²) >= 11 is 1.74. The number of sulfone groups is 1. The second kappa shape index (κ2) is 6.11. The Morgan fingerprint density at radius 1 is 1.17 bits per heavy atom. The van der Waals surface area contributed by atoms with Crippen molar-refractivity contribution in [2.24, 2.45) is 5.92 Å². The number of thiazole rings is 1. The van der Waals surface area contributed by atoms with Crippen LogP contribution in [0.5, 0.6) is 0 Å². The summed E-state index contributed by atoms with van der Waals surface area (Å²) in [6.07, 6.45) is 2.30. The Morgan fingerprint density at radius 3 is 2.58 bits per heavy atom. The smallest absolute Gasteiger partial charge is 0.226 e. The van der Waals surface area contributed by atoms with Gasteiger partial charge in [0.1, 0.15) is 0 Å². The number of para-hydroxylation sites is 1. The number of benzene rings is 1. The van der Waals surface area contributed by atoms with Gasteiger partial charge in [0.05, 0.1) is 32.6 Å². The fourth-order valence-electron chi connectivity index (χ4n) is 3.66. The molecule has 2 aromatic rings. The summed E-state index contributed by atoms with van der Waals surface area (Å²) in [5.74, 6) is 0.293. The van der Waals surface area contributed by atoms with Crippen molar-refractivity contribution in [1.29, 1.82) is 0 Å². The summed E-state index contributed by atoms with van der Waals surface area (Å²) in [5.41, 5.74) is 1.05. The number of carbonyl (C=O) groups is 1. The summed E-state index contributed by atoms with van der Waals surface area (Å²) < 4.78 is 24.4. The maximum absolute atomic E-state index is 12.5. The zero-order chi connectivity index (χ0) is 16.7. The normalized spacial score (nSPS) is 24.5. The van der Waals surface area contributed by atoms with Crippen molar-refractivity contribution in [2.75, 3.05) is 24.6 Å². The van der Waals surface area contributed by atoms with Crippen LogP contribution >= 0.6 is 11.3 Å². The number of nitrogens with zero attached hydrogens (tertiary/aromatic N) is 2. The zero-order valence-electron chi connectivity index (χ0n) is 13.3. The van der Waals surface area contributed by atoms with Gasteiger partial charge < -0.3 is 4.90 Å². The number of fused-ring (bicyclic) bond motifs is 1. The van der Waals surface area contributed by atoms with Gasteiger partial charge in [-0.2, -0.15) is 0 Å². The molecule has 1 amide bonds. The van der Waals surface area contributed by atoms with Gasteiger partial charge in [-0.15, -0.1) is 11.3 Å². The zero-order valence-corrected chi connectivity index (χ0v) is 15.0. The van der Waals surface area contributed by atoms with Crippen molar-refractivity contribution in [3.63, 3.8) is 0 Å². The molecule has 2 saturated heterocycles. The van der Waals surface area contributed by atoms with E-state index in [9.17, 15) is 13.2 Å². The Kier molecular flexibility index (Phi) is 4.08. The molecule has 1 aromatic carbocycles. The molecule has 4 rings (SSSR count). The quantitative estimate of drug-likeness (QED) is 0.821. The van der Waals surface area contributed by atoms with E-state index in [2.05, 4.69) is 6.07 Å². The first-order chi connectivity index (χ1) is 11.5. The van der Waals surface area contributed by atoms with Crippen LogP contribution in [0.1, 0.15) is 30.2 Å². The molecule has 0 unspecified atom stereocenters. The summed E-state index contributed by atoms with van der Waals surface area (Å²) in [4.78, 5) is 19.1. The number of hydrogen-bond acceptors (Lipinski definition) is 5. The molecule has 2 aliphatic heterocycles. The van der Waals surface area contributed by atoms with Gasteiger partial charge in [0.25, 0.3) is 0 Å². The van der Waals surface area contributed by atoms with Gasteiger partial charge in [-0.25, -0.2) is 13.4 Å². The van der Waals surface area contributed by atoms with Crippen LogP contribution in [-0.2, 0) is 14.6 Å². The molecular formula is C17H20N2O3S2. The third kappa shape index (κ3) is 3.07. The molecule has 0 N–H and O–H groups in total. The first kappa shape index (κ1) is 16.0. The third-order valence-corrected chi connectivity index (χ3v) is 8.01. The minimum Gasteiger partial charge on any atom is -0.342 e. The fourth-order valence-corrected chi connectivity index (χ4v) is 6.53. The van der Waals surface area contributed by atoms with Crippen molar-refractivity contribution in [3.05, 3.63) is 29.3 Å². The minimum atomic E-state index is -3.00. The average molecular weight is 364 g/mol. The van der Waals surface area contributed by atoms with Crippen LogP contribution in [0.25, 0.3) is 10.2 Å². The highest BCUT2D eigenvalue weighted by Gasteiger charge is 2.36. The molecule has 0 radical (unpaired) electrons. The van der Waals surface area contributed by atoms with Crippen LogP contribution in [0.2, 0.25) is 0 Å². The summed E-state index contributed by atoms with van der Waals surface area (Å²) in [7, 11) is -3.00. The van der Waals surface area contributed by atoms with E-state index in [4.69, 9.17) is 4.98 Å². The van der Waals surface area contributed by atoms with Crippen LogP contribution in [-0.4, -0.2) is 48.8 Å². The van der Waals surface area contributed by atoms with Crippen molar-refractivity contribution in [2.45, 2.75) is 25.2 Å². The number of piperidine rings is 1. The number of amides is 1. The van der Waals surface area contributed by atoms with E-state index < -0.39 is 9.84 Å². The summed E-state index contributed by atoms with van der Waals surface area (Å²) in [5, 5.41) is 1.16. The van der Waals surface area contributed by atoms with Gasteiger partial charge in [-0.3, -0.25) is 4.79 Å². The predicted octanol–water partition coefficient (Wildman–Crippen LogP) is 2.44. The molecule has 1 aromatic heterocycles. The Bertz CT molecular complexity index is 834. The Balaban J connectivity index is 1.40. The number of likely N-dealkylation sites (tertiary alicyclic amines) is 1. The van der Waals surface area contributed by atoms with Crippen molar-refractivity contribution in [3.8, 4) is 0 Å². The molecule has 7 heteroatoms. The highest BCUT2D eigenvalue weighted by molar-refractivity contribution is 7.91. The Labute approximate surface area is 145 Å². The molecule has 1 atom stereocenters. The lowest BCUT2D eigenvalue weighted by Crippen LogP contribution is -2.41. The summed E-state index contributed by atoms with van der Waals surface area (Å²) in [6.45, 7) is 1.41. The SMILES string of the molecule is O=C([C@H]1CCS(=O)(=O)C1)N1CCC(c2nc3ccccc3s2)CC1. The standard InChI is InChI=1S/C17H20N2O3S2/c20-17(13-7-10-24(21,22)11-13)19-8-5-12(6-9-19)16-18-14-3-1-2-4-15(14)23-16/h1-4,12-13H,5-11H2/t13-/m0/s1. The highest BCUT2D eigenvalue weighted by Crippen LogP contribution is 2.34. The lowest BCUT2D eigenvalue weighted by Gasteiger charge is -2.32. The molecule has 128 valence electrons. The topological polar surface area (TPSA) is 67.3 Å². The number of rotatable bonds is 2. The van der Waals surface area contributed by atoms with Crippen LogP contribution < -0.4 is 0 Å². The number of aromatic nitrogens is 1. The maximum Gasteiger partial charge on any atom is 0.226 e. The van der Waals surface area contributed by atoms with Crippen molar-refractivity contribution < 1.29 is 13.2 Å². The highest BCUT2D eigenvalue weighted by atomic mass is 32.2. The van der Waals surface area contributed by atoms with E-state index in [0.717, 1.165) is 23.4 Å². The largest absolute Gasteiger partial charge is 0.342 e. The Morgan fingerprint density at radius 2 is 1.92 bits per heavy atom. The van der Waals surface area contributed by atoms with E-state index in [1.165, 1.54) is 4.70 Å². The molecule has 24 heavy (non-hydrogen) atoms. The van der Waals surface area contributed by atoms with E-state index >= 15 is 0 Å². The second-order valence-electron chi connectivity index (χ2n) is 6.72. The molecule has 0 saturated carbocycles. The van der Waals surface area contributed by atoms with E-state index in [-0.39, 0.29) is 23.3 Å². The molecule has 0 bridgehead atoms. The van der Waals surface area contributed by atoms with Crippen molar-refractivity contribution >= 4 is 37.3 Å². The van der Waals surface area contributed by atoms with E-state index in [0.29, 0.717) is 25.4 Å². The first-order valence-corrected chi connectivity index (χ1v) is 11.0. The lowest BCUT2D eigenvalue weighted by molar-refractivity contribution is -0.135. The van der Waals surface area contributed by atoms with Gasteiger partial charge in [-0.05, 0) is 31.4 Å². The molecule has 0 spiro atoms. The molecular weight excluding hydrogens is 344 g/mol. The van der Waals surface area contributed by atoms with Gasteiger partial charge in [-0.1, -0.05) is 12.1 Å². The molecule has 2 aliphatic rings. The number of hydrogen-bond donors (Lipinski definition) is 0. The van der Waals surface area contributed by atoms with Gasteiger partial charge in [0, 0.05) is 19.0 Å². The predicted molar refractivity (Wildman–Crippen MR) is 94.9 cm³/mol. The maximum atomic E-state index is 12.5. The minimum absolute atomic E-state index is 0.0267. The monoisotopic (exact) mass is 364 g/mol. The average Bonchev–Trinajstić information content (AvgIpc) is 3.17. The van der Waals surface area contributed by atoms with Gasteiger partial charge in [0.2, 0.25) is 5.91 Å². The van der Waals surface area contributed by atoms with E-state index in [1.54, 1.807) is 11.3 Å². The molecule has 2 fully saturated rings. The van der Waals surface area contributed by atoms with Gasteiger partial charge in [0.15, 0.2) is 9.84 Å². The number of carbonyl (C=O) groups excluding carboxylic acids is 1. The fraction of sp³-hybridized carbons (Fsp3) is 0.529.